The third-order valence-electron chi connectivity index (χ3n) is 2.63. The van der Waals surface area contributed by atoms with Crippen molar-refractivity contribution in [3.63, 3.8) is 0 Å². The van der Waals surface area contributed by atoms with Crippen LogP contribution >= 0.6 is 0 Å². The number of hydrogen-bond acceptors (Lipinski definition) is 6. The summed E-state index contributed by atoms with van der Waals surface area (Å²) >= 11 is 0. The number of esters is 2. The average molecular weight is 306 g/mol. The molecule has 0 aliphatic carbocycles. The van der Waals surface area contributed by atoms with Crippen molar-refractivity contribution in [3.8, 4) is 5.75 Å². The van der Waals surface area contributed by atoms with Crippen LogP contribution in [0.25, 0.3) is 6.08 Å². The molecule has 6 nitrogen and oxygen atoms in total. The molecule has 1 aromatic rings. The first-order chi connectivity index (χ1) is 10.5. The molecular formula is C16H18O6. The zero-order chi connectivity index (χ0) is 16.5. The van der Waals surface area contributed by atoms with Gasteiger partial charge in [-0.1, -0.05) is 12.1 Å². The van der Waals surface area contributed by atoms with Crippen molar-refractivity contribution in [1.82, 2.24) is 0 Å². The Morgan fingerprint density at radius 1 is 0.955 bits per heavy atom. The Bertz CT molecular complexity index is 571. The number of methoxy groups -OCH3 is 1. The molecule has 0 amide bonds. The molecule has 22 heavy (non-hydrogen) atoms. The van der Waals surface area contributed by atoms with Gasteiger partial charge in [-0.05, 0) is 37.6 Å². The van der Waals surface area contributed by atoms with Gasteiger partial charge in [0.05, 0.1) is 20.3 Å². The van der Waals surface area contributed by atoms with Gasteiger partial charge in [-0.25, -0.2) is 9.59 Å². The van der Waals surface area contributed by atoms with Gasteiger partial charge in [-0.2, -0.15) is 0 Å². The standard InChI is InChI=1S/C16H18O6/c1-4-21-15(18)13(14(17)16(19)22-5-2)10-11-6-8-12(20-3)9-7-11/h6-10H,4-5H2,1-3H3/b13-10-. The summed E-state index contributed by atoms with van der Waals surface area (Å²) in [6, 6.07) is 6.64. The van der Waals surface area contributed by atoms with Crippen LogP contribution in [0.15, 0.2) is 29.8 Å². The number of ether oxygens (including phenoxy) is 3. The molecule has 0 N–H and O–H groups in total. The minimum Gasteiger partial charge on any atom is -0.497 e. The Hall–Kier alpha value is -2.63. The molecule has 0 saturated heterocycles. The molecule has 0 aromatic heterocycles. The van der Waals surface area contributed by atoms with Crippen molar-refractivity contribution >= 4 is 23.8 Å². The molecule has 0 aliphatic heterocycles. The second-order valence-electron chi connectivity index (χ2n) is 4.10. The second-order valence-corrected chi connectivity index (χ2v) is 4.10. The summed E-state index contributed by atoms with van der Waals surface area (Å²) in [7, 11) is 1.53. The highest BCUT2D eigenvalue weighted by Crippen LogP contribution is 2.15. The second kappa shape index (κ2) is 8.61. The summed E-state index contributed by atoms with van der Waals surface area (Å²) in [6.45, 7) is 3.32. The topological polar surface area (TPSA) is 78.9 Å². The third-order valence-corrected chi connectivity index (χ3v) is 2.63. The van der Waals surface area contributed by atoms with Crippen molar-refractivity contribution in [2.24, 2.45) is 0 Å². The summed E-state index contributed by atoms with van der Waals surface area (Å²) in [5.74, 6) is -2.35. The number of ketones is 1. The van der Waals surface area contributed by atoms with Crippen LogP contribution in [0, 0.1) is 0 Å². The van der Waals surface area contributed by atoms with Gasteiger partial charge in [0.1, 0.15) is 11.3 Å². The molecule has 0 heterocycles. The maximum atomic E-state index is 12.0. The van der Waals surface area contributed by atoms with Crippen LogP contribution in [-0.4, -0.2) is 38.0 Å². The zero-order valence-electron chi connectivity index (χ0n) is 12.8. The van der Waals surface area contributed by atoms with Crippen molar-refractivity contribution in [3.05, 3.63) is 35.4 Å². The molecular weight excluding hydrogens is 288 g/mol. The summed E-state index contributed by atoms with van der Waals surface area (Å²) in [6.07, 6.45) is 1.29. The SMILES string of the molecule is CCOC(=O)C(=O)/C(=C/c1ccc(OC)cc1)C(=O)OCC. The van der Waals surface area contributed by atoms with Gasteiger partial charge in [0.25, 0.3) is 5.78 Å². The van der Waals surface area contributed by atoms with Gasteiger partial charge in [0.15, 0.2) is 0 Å². The van der Waals surface area contributed by atoms with Crippen molar-refractivity contribution in [2.45, 2.75) is 13.8 Å². The van der Waals surface area contributed by atoms with Gasteiger partial charge in [-0.3, -0.25) is 4.79 Å². The lowest BCUT2D eigenvalue weighted by Gasteiger charge is -2.06. The van der Waals surface area contributed by atoms with E-state index < -0.39 is 17.7 Å². The highest BCUT2D eigenvalue weighted by Gasteiger charge is 2.27. The van der Waals surface area contributed by atoms with Crippen molar-refractivity contribution in [1.29, 1.82) is 0 Å². The molecule has 0 atom stereocenters. The molecule has 0 spiro atoms. The minimum atomic E-state index is -1.09. The molecule has 0 unspecified atom stereocenters. The van der Waals surface area contributed by atoms with Crippen molar-refractivity contribution < 1.29 is 28.6 Å². The molecule has 0 saturated carbocycles. The highest BCUT2D eigenvalue weighted by molar-refractivity contribution is 6.47. The number of hydrogen-bond donors (Lipinski definition) is 0. The molecule has 1 aromatic carbocycles. The van der Waals surface area contributed by atoms with Crippen LogP contribution in [0.5, 0.6) is 5.75 Å². The van der Waals surface area contributed by atoms with Gasteiger partial charge >= 0.3 is 11.9 Å². The van der Waals surface area contributed by atoms with Crippen LogP contribution in [0.1, 0.15) is 19.4 Å². The lowest BCUT2D eigenvalue weighted by molar-refractivity contribution is -0.153. The number of rotatable bonds is 7. The first-order valence-corrected chi connectivity index (χ1v) is 6.77. The summed E-state index contributed by atoms with van der Waals surface area (Å²) in [5.41, 5.74) is 0.187. The molecule has 1 rings (SSSR count). The van der Waals surface area contributed by atoms with E-state index in [1.807, 2.05) is 0 Å². The van der Waals surface area contributed by atoms with Gasteiger partial charge < -0.3 is 14.2 Å². The quantitative estimate of drug-likeness (QED) is 0.251. The molecule has 0 bridgehead atoms. The van der Waals surface area contributed by atoms with Gasteiger partial charge in [-0.15, -0.1) is 0 Å². The molecule has 0 radical (unpaired) electrons. The molecule has 0 fully saturated rings. The first-order valence-electron chi connectivity index (χ1n) is 6.77. The van der Waals surface area contributed by atoms with E-state index in [4.69, 9.17) is 9.47 Å². The van der Waals surface area contributed by atoms with E-state index in [9.17, 15) is 14.4 Å². The Morgan fingerprint density at radius 3 is 2.00 bits per heavy atom. The lowest BCUT2D eigenvalue weighted by Crippen LogP contribution is -2.25. The number of Topliss-reactive ketones (excluding diaryl/α,β-unsaturated/α-hetero) is 1. The molecule has 0 aliphatic rings. The fraction of sp³-hybridized carbons (Fsp3) is 0.312. The Morgan fingerprint density at radius 2 is 1.50 bits per heavy atom. The zero-order valence-corrected chi connectivity index (χ0v) is 12.8. The molecule has 6 heteroatoms. The Balaban J connectivity index is 3.12. The normalized spacial score (nSPS) is 10.8. The van der Waals surface area contributed by atoms with E-state index in [-0.39, 0.29) is 18.8 Å². The van der Waals surface area contributed by atoms with Crippen LogP contribution in [0.2, 0.25) is 0 Å². The average Bonchev–Trinajstić information content (AvgIpc) is 2.53. The summed E-state index contributed by atoms with van der Waals surface area (Å²) in [5, 5.41) is 0. The lowest BCUT2D eigenvalue weighted by atomic mass is 10.1. The van der Waals surface area contributed by atoms with Crippen molar-refractivity contribution in [2.75, 3.05) is 20.3 Å². The number of carbonyl (C=O) groups excluding carboxylic acids is 3. The predicted molar refractivity (Wildman–Crippen MR) is 79.2 cm³/mol. The van der Waals surface area contributed by atoms with Gasteiger partial charge in [0, 0.05) is 0 Å². The summed E-state index contributed by atoms with van der Waals surface area (Å²) < 4.78 is 14.5. The van der Waals surface area contributed by atoms with Gasteiger partial charge in [0.2, 0.25) is 0 Å². The Labute approximate surface area is 128 Å². The molecule has 118 valence electrons. The number of carbonyl (C=O) groups is 3. The monoisotopic (exact) mass is 306 g/mol. The van der Waals surface area contributed by atoms with E-state index in [1.54, 1.807) is 38.1 Å². The maximum absolute atomic E-state index is 12.0. The van der Waals surface area contributed by atoms with E-state index in [1.165, 1.54) is 13.2 Å². The maximum Gasteiger partial charge on any atom is 0.379 e. The largest absolute Gasteiger partial charge is 0.497 e. The summed E-state index contributed by atoms with van der Waals surface area (Å²) in [4.78, 5) is 35.4. The van der Waals surface area contributed by atoms with Crippen LogP contribution in [0.4, 0.5) is 0 Å². The highest BCUT2D eigenvalue weighted by atomic mass is 16.5. The van der Waals surface area contributed by atoms with Crippen LogP contribution < -0.4 is 4.74 Å². The van der Waals surface area contributed by atoms with Crippen LogP contribution in [0.3, 0.4) is 0 Å². The Kier molecular flexibility index (Phi) is 6.82. The van der Waals surface area contributed by atoms with E-state index in [0.29, 0.717) is 11.3 Å². The predicted octanol–water partition coefficient (Wildman–Crippen LogP) is 1.77. The van der Waals surface area contributed by atoms with E-state index >= 15 is 0 Å². The van der Waals surface area contributed by atoms with Crippen LogP contribution in [-0.2, 0) is 23.9 Å². The smallest absolute Gasteiger partial charge is 0.379 e. The van der Waals surface area contributed by atoms with E-state index in [2.05, 4.69) is 4.74 Å². The fourth-order valence-corrected chi connectivity index (χ4v) is 1.60. The minimum absolute atomic E-state index is 0.0449. The number of benzene rings is 1. The van der Waals surface area contributed by atoms with E-state index in [0.717, 1.165) is 0 Å². The fourth-order valence-electron chi connectivity index (χ4n) is 1.60. The third kappa shape index (κ3) is 4.73. The first kappa shape index (κ1) is 17.4.